The average molecular weight is 481 g/mol. The summed E-state index contributed by atoms with van der Waals surface area (Å²) >= 11 is 0. The van der Waals surface area contributed by atoms with Crippen LogP contribution in [0, 0.1) is 18.3 Å². The van der Waals surface area contributed by atoms with Crippen LogP contribution < -0.4 is 4.90 Å². The summed E-state index contributed by atoms with van der Waals surface area (Å²) in [7, 11) is 0. The molecule has 0 amide bonds. The molecular formula is C28H28N6O2. The van der Waals surface area contributed by atoms with Gasteiger partial charge in [-0.3, -0.25) is 4.90 Å². The number of nitrogens with zero attached hydrogens (tertiary/aromatic N) is 6. The smallest absolute Gasteiger partial charge is 0.354 e. The lowest BCUT2D eigenvalue weighted by Gasteiger charge is -2.35. The lowest BCUT2D eigenvalue weighted by molar-refractivity contribution is 0.0689. The van der Waals surface area contributed by atoms with E-state index >= 15 is 0 Å². The quantitative estimate of drug-likeness (QED) is 0.411. The minimum atomic E-state index is -1.04. The van der Waals surface area contributed by atoms with Crippen LogP contribution in [-0.4, -0.2) is 63.5 Å². The van der Waals surface area contributed by atoms with Crippen molar-refractivity contribution in [1.29, 1.82) is 5.26 Å². The van der Waals surface area contributed by atoms with Crippen LogP contribution >= 0.6 is 0 Å². The first-order valence-corrected chi connectivity index (χ1v) is 12.2. The number of nitriles is 1. The average Bonchev–Trinajstić information content (AvgIpc) is 3.25. The van der Waals surface area contributed by atoms with E-state index in [0.29, 0.717) is 24.2 Å². The van der Waals surface area contributed by atoms with E-state index in [9.17, 15) is 9.90 Å². The van der Waals surface area contributed by atoms with Crippen LogP contribution in [0.4, 0.5) is 5.69 Å². The van der Waals surface area contributed by atoms with Crippen molar-refractivity contribution in [2.45, 2.75) is 20.3 Å². The lowest BCUT2D eigenvalue weighted by atomic mass is 9.93. The van der Waals surface area contributed by atoms with E-state index in [0.717, 1.165) is 59.8 Å². The normalized spacial score (nSPS) is 14.2. The van der Waals surface area contributed by atoms with E-state index in [-0.39, 0.29) is 5.69 Å². The van der Waals surface area contributed by atoms with Gasteiger partial charge in [-0.1, -0.05) is 37.3 Å². The number of anilines is 1. The van der Waals surface area contributed by atoms with E-state index in [4.69, 9.17) is 10.4 Å². The van der Waals surface area contributed by atoms with Gasteiger partial charge in [-0.25, -0.2) is 14.5 Å². The second-order valence-electron chi connectivity index (χ2n) is 8.97. The highest BCUT2D eigenvalue weighted by Gasteiger charge is 2.25. The van der Waals surface area contributed by atoms with Crippen molar-refractivity contribution in [1.82, 2.24) is 19.7 Å². The molecule has 1 N–H and O–H groups in total. The Kier molecular flexibility index (Phi) is 6.40. The molecule has 0 unspecified atom stereocenters. The minimum Gasteiger partial charge on any atom is -0.477 e. The first-order chi connectivity index (χ1) is 17.5. The molecule has 1 fully saturated rings. The van der Waals surface area contributed by atoms with Gasteiger partial charge in [0.15, 0.2) is 11.3 Å². The van der Waals surface area contributed by atoms with E-state index < -0.39 is 5.97 Å². The number of hydrogen-bond donors (Lipinski definition) is 1. The van der Waals surface area contributed by atoms with E-state index in [2.05, 4.69) is 45.1 Å². The largest absolute Gasteiger partial charge is 0.477 e. The molecular weight excluding hydrogens is 452 g/mol. The van der Waals surface area contributed by atoms with Crippen molar-refractivity contribution < 1.29 is 9.90 Å². The fourth-order valence-corrected chi connectivity index (χ4v) is 5.05. The minimum absolute atomic E-state index is 0.0646. The molecule has 4 aromatic rings. The number of aromatic carboxylic acids is 1. The highest BCUT2D eigenvalue weighted by Crippen LogP contribution is 2.37. The SMILES string of the molecule is CCc1c(C(=O)O)nc2c(c(C)nn2-c2ccccc2)c1-c1ccc(N2CCN(CC#N)CC2)cc1. The van der Waals surface area contributed by atoms with Crippen LogP contribution in [0.5, 0.6) is 0 Å². The number of benzene rings is 2. The lowest BCUT2D eigenvalue weighted by Crippen LogP contribution is -2.46. The molecule has 0 spiro atoms. The van der Waals surface area contributed by atoms with Crippen molar-refractivity contribution in [3.63, 3.8) is 0 Å². The summed E-state index contributed by atoms with van der Waals surface area (Å²) in [6.07, 6.45) is 0.540. The number of hydrogen-bond acceptors (Lipinski definition) is 6. The maximum Gasteiger partial charge on any atom is 0.354 e. The molecule has 0 atom stereocenters. The van der Waals surface area contributed by atoms with Gasteiger partial charge in [-0.15, -0.1) is 0 Å². The van der Waals surface area contributed by atoms with E-state index in [1.54, 1.807) is 4.68 Å². The number of aromatic nitrogens is 3. The third-order valence-electron chi connectivity index (χ3n) is 6.84. The molecule has 2 aromatic carbocycles. The van der Waals surface area contributed by atoms with Gasteiger partial charge in [0.05, 0.1) is 29.4 Å². The number of piperazine rings is 1. The number of carbonyl (C=O) groups is 1. The summed E-state index contributed by atoms with van der Waals surface area (Å²) in [5.74, 6) is -1.04. The second-order valence-corrected chi connectivity index (χ2v) is 8.97. The van der Waals surface area contributed by atoms with Gasteiger partial charge in [0.2, 0.25) is 0 Å². The standard InChI is InChI=1S/C28H28N6O2/c1-3-23-25(20-9-11-21(12-10-20)33-17-15-32(14-13-29)16-18-33)24-19(2)31-34(22-7-5-4-6-8-22)27(24)30-26(23)28(35)36/h4-12H,3,14-18H2,1-2H3,(H,35,36). The van der Waals surface area contributed by atoms with Crippen LogP contribution in [0.25, 0.3) is 27.8 Å². The zero-order valence-corrected chi connectivity index (χ0v) is 20.5. The highest BCUT2D eigenvalue weighted by atomic mass is 16.4. The van der Waals surface area contributed by atoms with Crippen LogP contribution in [0.15, 0.2) is 54.6 Å². The van der Waals surface area contributed by atoms with Gasteiger partial charge in [-0.2, -0.15) is 10.4 Å². The molecule has 1 saturated heterocycles. The zero-order valence-electron chi connectivity index (χ0n) is 20.5. The molecule has 2 aromatic heterocycles. The van der Waals surface area contributed by atoms with Crippen LogP contribution in [-0.2, 0) is 6.42 Å². The number of para-hydroxylation sites is 1. The van der Waals surface area contributed by atoms with Crippen molar-refractivity contribution in [2.75, 3.05) is 37.6 Å². The van der Waals surface area contributed by atoms with Crippen molar-refractivity contribution in [3.05, 3.63) is 71.5 Å². The molecule has 36 heavy (non-hydrogen) atoms. The highest BCUT2D eigenvalue weighted by molar-refractivity contribution is 6.02. The van der Waals surface area contributed by atoms with Crippen molar-refractivity contribution in [2.24, 2.45) is 0 Å². The molecule has 1 aliphatic rings. The van der Waals surface area contributed by atoms with Gasteiger partial charge in [-0.05, 0) is 48.7 Å². The molecule has 5 rings (SSSR count). The predicted octanol–water partition coefficient (Wildman–Crippen LogP) is 4.30. The zero-order chi connectivity index (χ0) is 25.2. The summed E-state index contributed by atoms with van der Waals surface area (Å²) in [6, 6.07) is 20.2. The first kappa shape index (κ1) is 23.5. The third kappa shape index (κ3) is 4.18. The molecule has 0 aliphatic carbocycles. The Balaban J connectivity index is 1.61. The van der Waals surface area contributed by atoms with Crippen LogP contribution in [0.1, 0.15) is 28.7 Å². The fraction of sp³-hybridized carbons (Fsp3) is 0.286. The number of pyridine rings is 1. The van der Waals surface area contributed by atoms with Crippen LogP contribution in [0.3, 0.4) is 0 Å². The number of carboxylic acids is 1. The Hall–Kier alpha value is -4.22. The van der Waals surface area contributed by atoms with Gasteiger partial charge in [0, 0.05) is 37.4 Å². The first-order valence-electron chi connectivity index (χ1n) is 12.2. The third-order valence-corrected chi connectivity index (χ3v) is 6.84. The Morgan fingerprint density at radius 2 is 1.72 bits per heavy atom. The molecule has 182 valence electrons. The Morgan fingerprint density at radius 1 is 1.03 bits per heavy atom. The number of fused-ring (bicyclic) bond motifs is 1. The Labute approximate surface area is 210 Å². The predicted molar refractivity (Wildman–Crippen MR) is 140 cm³/mol. The molecule has 0 bridgehead atoms. The maximum absolute atomic E-state index is 12.3. The second kappa shape index (κ2) is 9.80. The Bertz CT molecular complexity index is 1450. The van der Waals surface area contributed by atoms with Gasteiger partial charge < -0.3 is 10.0 Å². The van der Waals surface area contributed by atoms with Crippen LogP contribution in [0.2, 0.25) is 0 Å². The van der Waals surface area contributed by atoms with Gasteiger partial charge in [0.1, 0.15) is 0 Å². The van der Waals surface area contributed by atoms with E-state index in [1.165, 1.54) is 0 Å². The molecule has 8 nitrogen and oxygen atoms in total. The molecule has 0 saturated carbocycles. The number of carboxylic acid groups (broad SMARTS) is 1. The monoisotopic (exact) mass is 480 g/mol. The number of aryl methyl sites for hydroxylation is 1. The molecule has 3 heterocycles. The van der Waals surface area contributed by atoms with Crippen molar-refractivity contribution >= 4 is 22.7 Å². The summed E-state index contributed by atoms with van der Waals surface area (Å²) in [5, 5.41) is 24.6. The summed E-state index contributed by atoms with van der Waals surface area (Å²) in [4.78, 5) is 21.4. The summed E-state index contributed by atoms with van der Waals surface area (Å²) < 4.78 is 1.73. The maximum atomic E-state index is 12.3. The molecule has 8 heteroatoms. The fourth-order valence-electron chi connectivity index (χ4n) is 5.05. The number of rotatable bonds is 6. The van der Waals surface area contributed by atoms with E-state index in [1.807, 2.05) is 44.2 Å². The molecule has 1 aliphatic heterocycles. The molecule has 0 radical (unpaired) electrons. The van der Waals surface area contributed by atoms with Gasteiger partial charge in [0.25, 0.3) is 0 Å². The summed E-state index contributed by atoms with van der Waals surface area (Å²) in [6.45, 7) is 7.83. The topological polar surface area (TPSA) is 98.3 Å². The van der Waals surface area contributed by atoms with Gasteiger partial charge >= 0.3 is 5.97 Å². The Morgan fingerprint density at radius 3 is 2.33 bits per heavy atom. The van der Waals surface area contributed by atoms with Crippen molar-refractivity contribution in [3.8, 4) is 22.9 Å². The summed E-state index contributed by atoms with van der Waals surface area (Å²) in [5.41, 5.74) is 5.91.